The van der Waals surface area contributed by atoms with Gasteiger partial charge in [-0.1, -0.05) is 202 Å². The fourth-order valence-electron chi connectivity index (χ4n) is 11.3. The zero-order valence-corrected chi connectivity index (χ0v) is 45.8. The second-order valence-electron chi connectivity index (χ2n) is 23.1. The molecule has 0 amide bonds. The number of benzene rings is 2. The monoisotopic (exact) mass is 973 g/mol. The minimum Gasteiger partial charge on any atom is -0.299 e. The quantitative estimate of drug-likeness (QED) is 0.0829. The van der Waals surface area contributed by atoms with Crippen molar-refractivity contribution in [2.45, 2.75) is 163 Å². The predicted octanol–water partition coefficient (Wildman–Crippen LogP) is 15.9. The molecule has 390 valence electrons. The molecule has 3 aliphatic carbocycles. The Bertz CT molecular complexity index is 2130. The Hall–Kier alpha value is -4.91. The van der Waals surface area contributed by atoms with Crippen LogP contribution < -0.4 is 0 Å². The van der Waals surface area contributed by atoms with Crippen molar-refractivity contribution >= 4 is 40.5 Å². The van der Waals surface area contributed by atoms with E-state index in [1.54, 1.807) is 54.6 Å². The van der Waals surface area contributed by atoms with Gasteiger partial charge in [0.25, 0.3) is 0 Å². The van der Waals surface area contributed by atoms with Crippen LogP contribution >= 0.6 is 0 Å². The Morgan fingerprint density at radius 2 is 0.789 bits per heavy atom. The van der Waals surface area contributed by atoms with Crippen molar-refractivity contribution in [3.05, 3.63) is 119 Å². The highest BCUT2D eigenvalue weighted by molar-refractivity contribution is 6.02. The van der Waals surface area contributed by atoms with E-state index < -0.39 is 0 Å². The summed E-state index contributed by atoms with van der Waals surface area (Å²) in [5, 5.41) is 0. The van der Waals surface area contributed by atoms with E-state index in [-0.39, 0.29) is 117 Å². The van der Waals surface area contributed by atoms with Gasteiger partial charge in [0.1, 0.15) is 11.6 Å². The summed E-state index contributed by atoms with van der Waals surface area (Å²) < 4.78 is 0. The first-order chi connectivity index (χ1) is 32.6. The van der Waals surface area contributed by atoms with Crippen LogP contribution in [0.15, 0.2) is 97.1 Å². The van der Waals surface area contributed by atoms with Gasteiger partial charge in [-0.25, -0.2) is 0 Å². The lowest BCUT2D eigenvalue weighted by molar-refractivity contribution is -0.130. The summed E-state index contributed by atoms with van der Waals surface area (Å²) in [7, 11) is 0. The Balaban J connectivity index is 0.000000482. The van der Waals surface area contributed by atoms with Gasteiger partial charge in [0, 0.05) is 77.5 Å². The molecule has 0 N–H and O–H groups in total. The molecule has 10 atom stereocenters. The number of rotatable bonds is 18. The van der Waals surface area contributed by atoms with Crippen LogP contribution in [0.2, 0.25) is 0 Å². The molecule has 0 heterocycles. The summed E-state index contributed by atoms with van der Waals surface area (Å²) >= 11 is 0. The van der Waals surface area contributed by atoms with E-state index in [1.165, 1.54) is 0 Å². The molecule has 2 aromatic carbocycles. The Morgan fingerprint density at radius 3 is 1.06 bits per heavy atom. The fourth-order valence-corrected chi connectivity index (χ4v) is 11.3. The van der Waals surface area contributed by atoms with Gasteiger partial charge in [-0.15, -0.1) is 0 Å². The van der Waals surface area contributed by atoms with Crippen LogP contribution in [0.4, 0.5) is 0 Å². The van der Waals surface area contributed by atoms with Crippen LogP contribution in [0, 0.1) is 75.4 Å². The molecule has 5 rings (SSSR count). The summed E-state index contributed by atoms with van der Waals surface area (Å²) in [6.07, 6.45) is 21.1. The van der Waals surface area contributed by atoms with Crippen molar-refractivity contribution in [3.63, 3.8) is 0 Å². The third-order valence-electron chi connectivity index (χ3n) is 15.9. The number of Topliss-reactive ketones (excluding diaryl/α,β-unsaturated/α-hetero) is 6. The highest BCUT2D eigenvalue weighted by atomic mass is 16.2. The highest BCUT2D eigenvalue weighted by Gasteiger charge is 2.42. The molecule has 0 saturated heterocycles. The molecule has 71 heavy (non-hydrogen) atoms. The van der Waals surface area contributed by atoms with Crippen molar-refractivity contribution in [2.24, 2.45) is 75.4 Å². The first kappa shape index (κ1) is 62.2. The van der Waals surface area contributed by atoms with Gasteiger partial charge >= 0.3 is 0 Å². The van der Waals surface area contributed by atoms with Crippen molar-refractivity contribution < 1.29 is 33.6 Å². The lowest BCUT2D eigenvalue weighted by Gasteiger charge is -2.39. The zero-order chi connectivity index (χ0) is 52.9. The average Bonchev–Trinajstić information content (AvgIpc) is 3.29. The number of allylic oxidation sites excluding steroid dienone is 8. The first-order valence-electron chi connectivity index (χ1n) is 26.2. The van der Waals surface area contributed by atoms with Crippen LogP contribution in [0.25, 0.3) is 0 Å². The standard InChI is InChI=1S/C38H54O4.C13H20O.C12H14O2.CH4/c1-23-13-11-19-37(7,8)33(23)31(39)21-25(3)27(5)35(41)29-15-17-30(18-16-29)36(42)28(6)26(4)22-32(40)34-24(2)14-12-20-38(34,9)10;1-5-7-11(14)12-10(2)8-6-9-13(12,3)4;1-3-11(13)9-5-7-10(8-6-9)12(14)4-2;/h11-18,23-28,33-34H,19-22H2,1-10H3;5-8,10,12H,9H2,1-4H3;5-8H,3-4H2,1-2H3;1H4/b;7-5+;;. The van der Waals surface area contributed by atoms with Gasteiger partial charge in [0.2, 0.25) is 0 Å². The van der Waals surface area contributed by atoms with E-state index in [0.717, 1.165) is 19.3 Å². The molecule has 0 spiro atoms. The van der Waals surface area contributed by atoms with Crippen molar-refractivity contribution in [2.75, 3.05) is 0 Å². The van der Waals surface area contributed by atoms with E-state index in [4.69, 9.17) is 0 Å². The average molecular weight is 973 g/mol. The Kier molecular flexibility index (Phi) is 23.9. The molecule has 7 nitrogen and oxygen atoms in total. The second-order valence-corrected chi connectivity index (χ2v) is 23.1. The fraction of sp³-hybridized carbons (Fsp3) is 0.578. The van der Waals surface area contributed by atoms with Crippen molar-refractivity contribution in [3.8, 4) is 0 Å². The summed E-state index contributed by atoms with van der Waals surface area (Å²) in [5.74, 6) is 1.04. The van der Waals surface area contributed by atoms with Crippen LogP contribution in [0.1, 0.15) is 205 Å². The topological polar surface area (TPSA) is 119 Å². The third-order valence-corrected chi connectivity index (χ3v) is 15.9. The molecule has 0 aliphatic heterocycles. The van der Waals surface area contributed by atoms with Gasteiger partial charge in [-0.2, -0.15) is 0 Å². The van der Waals surface area contributed by atoms with Crippen LogP contribution in [-0.4, -0.2) is 40.5 Å². The van der Waals surface area contributed by atoms with Gasteiger partial charge in [-0.3, -0.25) is 33.6 Å². The summed E-state index contributed by atoms with van der Waals surface area (Å²) in [6.45, 7) is 32.7. The SMILES string of the molecule is C.C/C=C/C(=O)C1C(C)C=CCC1(C)C.CC1C=CCC(C)(C)C1C(=O)CC(C)C(C)C(=O)c1ccc(C(=O)C(C)C(C)CC(=O)C2C(C)C=CCC2(C)C)cc1.CCC(=O)c1ccc(C(=O)CC)cc1. The maximum absolute atomic E-state index is 13.4. The summed E-state index contributed by atoms with van der Waals surface area (Å²) in [6, 6.07) is 13.8. The molecular formula is C64H92O7. The first-order valence-corrected chi connectivity index (χ1v) is 26.2. The molecule has 0 saturated carbocycles. The molecule has 0 aromatic heterocycles. The Labute approximate surface area is 430 Å². The van der Waals surface area contributed by atoms with E-state index in [1.807, 2.05) is 54.5 Å². The van der Waals surface area contributed by atoms with Gasteiger partial charge in [0.15, 0.2) is 28.9 Å². The normalized spacial score (nSPS) is 24.3. The van der Waals surface area contributed by atoms with Crippen LogP contribution in [0.5, 0.6) is 0 Å². The van der Waals surface area contributed by atoms with Crippen molar-refractivity contribution in [1.29, 1.82) is 0 Å². The largest absolute Gasteiger partial charge is 0.299 e. The molecule has 0 bridgehead atoms. The maximum atomic E-state index is 13.4. The van der Waals surface area contributed by atoms with Gasteiger partial charge < -0.3 is 0 Å². The van der Waals surface area contributed by atoms with Crippen molar-refractivity contribution in [1.82, 2.24) is 0 Å². The third kappa shape index (κ3) is 16.6. The van der Waals surface area contributed by atoms with E-state index >= 15 is 0 Å². The smallest absolute Gasteiger partial charge is 0.165 e. The van der Waals surface area contributed by atoms with E-state index in [9.17, 15) is 33.6 Å². The van der Waals surface area contributed by atoms with Gasteiger partial charge in [0.05, 0.1) is 0 Å². The zero-order valence-electron chi connectivity index (χ0n) is 45.8. The lowest BCUT2D eigenvalue weighted by atomic mass is 9.64. The lowest BCUT2D eigenvalue weighted by Crippen LogP contribution is -2.38. The van der Waals surface area contributed by atoms with E-state index in [2.05, 4.69) is 98.8 Å². The second kappa shape index (κ2) is 27.2. The number of carbonyl (C=O) groups is 7. The Morgan fingerprint density at radius 1 is 0.507 bits per heavy atom. The minimum atomic E-state index is -0.306. The number of ketones is 7. The maximum Gasteiger partial charge on any atom is 0.165 e. The number of hydrogen-bond acceptors (Lipinski definition) is 7. The molecule has 10 unspecified atom stereocenters. The van der Waals surface area contributed by atoms with E-state index in [0.29, 0.717) is 53.9 Å². The predicted molar refractivity (Wildman–Crippen MR) is 294 cm³/mol. The number of carbonyl (C=O) groups excluding carboxylic acids is 7. The molecule has 7 heteroatoms. The highest BCUT2D eigenvalue weighted by Crippen LogP contribution is 2.44. The van der Waals surface area contributed by atoms with Crippen LogP contribution in [0.3, 0.4) is 0 Å². The minimum absolute atomic E-state index is 0. The summed E-state index contributed by atoms with van der Waals surface area (Å²) in [4.78, 5) is 87.8. The molecule has 0 radical (unpaired) electrons. The molecule has 2 aromatic rings. The molecule has 0 fully saturated rings. The van der Waals surface area contributed by atoms with Gasteiger partial charge in [-0.05, 0) is 78.1 Å². The molecule has 3 aliphatic rings. The number of hydrogen-bond donors (Lipinski definition) is 0. The summed E-state index contributed by atoms with van der Waals surface area (Å²) in [5.41, 5.74) is 2.43. The van der Waals surface area contributed by atoms with Crippen LogP contribution in [-0.2, 0) is 14.4 Å². The molecular weight excluding hydrogens is 881 g/mol.